The van der Waals surface area contributed by atoms with Crippen molar-refractivity contribution in [1.29, 1.82) is 0 Å². The smallest absolute Gasteiger partial charge is 0.336 e. The summed E-state index contributed by atoms with van der Waals surface area (Å²) in [4.78, 5) is 50.4. The fourth-order valence-corrected chi connectivity index (χ4v) is 4.11. The van der Waals surface area contributed by atoms with Crippen LogP contribution in [0.3, 0.4) is 0 Å². The van der Waals surface area contributed by atoms with Crippen LogP contribution in [0.5, 0.6) is 0 Å². The van der Waals surface area contributed by atoms with Gasteiger partial charge in [0.15, 0.2) is 0 Å². The van der Waals surface area contributed by atoms with Crippen molar-refractivity contribution in [2.75, 3.05) is 11.9 Å². The van der Waals surface area contributed by atoms with E-state index in [1.165, 1.54) is 21.7 Å². The maximum absolute atomic E-state index is 13.0. The van der Waals surface area contributed by atoms with Crippen LogP contribution in [-0.4, -0.2) is 51.1 Å². The maximum atomic E-state index is 13.0. The van der Waals surface area contributed by atoms with E-state index in [1.54, 1.807) is 42.5 Å². The molecule has 4 rings (SSSR count). The Morgan fingerprint density at radius 1 is 1.06 bits per heavy atom. The van der Waals surface area contributed by atoms with Crippen LogP contribution in [0.2, 0.25) is 0 Å². The lowest BCUT2D eigenvalue weighted by Crippen LogP contribution is -2.47. The highest BCUT2D eigenvalue weighted by Crippen LogP contribution is 2.27. The lowest BCUT2D eigenvalue weighted by molar-refractivity contribution is -0.124. The van der Waals surface area contributed by atoms with E-state index in [-0.39, 0.29) is 18.0 Å². The minimum Gasteiger partial charge on any atom is -0.478 e. The van der Waals surface area contributed by atoms with Crippen LogP contribution in [0.25, 0.3) is 10.9 Å². The van der Waals surface area contributed by atoms with Gasteiger partial charge in [-0.05, 0) is 30.5 Å². The van der Waals surface area contributed by atoms with E-state index < -0.39 is 24.1 Å². The Balaban J connectivity index is 1.47. The molecular weight excluding hydrogens is 426 g/mol. The molecule has 0 aliphatic carbocycles. The lowest BCUT2D eigenvalue weighted by atomic mass is 10.1. The number of primary amides is 1. The molecule has 170 valence electrons. The summed E-state index contributed by atoms with van der Waals surface area (Å²) in [6, 6.07) is 11.6. The summed E-state index contributed by atoms with van der Waals surface area (Å²) in [6.45, 7) is 0.434. The number of amides is 4. The number of aromatic carboxylic acids is 1. The molecule has 0 spiro atoms. The van der Waals surface area contributed by atoms with Crippen molar-refractivity contribution in [3.05, 3.63) is 65.9 Å². The van der Waals surface area contributed by atoms with Crippen LogP contribution in [0.1, 0.15) is 28.8 Å². The number of hydrogen-bond acceptors (Lipinski definition) is 4. The Kier molecular flexibility index (Phi) is 5.99. The number of fused-ring (bicyclic) bond motifs is 1. The fourth-order valence-electron chi connectivity index (χ4n) is 4.11. The summed E-state index contributed by atoms with van der Waals surface area (Å²) in [5.41, 5.74) is 7.00. The Morgan fingerprint density at radius 2 is 1.79 bits per heavy atom. The molecule has 1 aliphatic heterocycles. The number of hydrogen-bond donors (Lipinski definition) is 4. The number of nitrogens with one attached hydrogen (secondary N) is 2. The molecule has 10 nitrogen and oxygen atoms in total. The van der Waals surface area contributed by atoms with E-state index in [2.05, 4.69) is 10.6 Å². The number of carboxylic acid groups (broad SMARTS) is 1. The van der Waals surface area contributed by atoms with Crippen molar-refractivity contribution >= 4 is 40.5 Å². The first-order valence-electron chi connectivity index (χ1n) is 10.4. The van der Waals surface area contributed by atoms with Gasteiger partial charge < -0.3 is 26.4 Å². The second-order valence-electron chi connectivity index (χ2n) is 7.73. The van der Waals surface area contributed by atoms with Crippen LogP contribution in [0, 0.1) is 0 Å². The topological polar surface area (TPSA) is 147 Å². The quantitative estimate of drug-likeness (QED) is 0.473. The van der Waals surface area contributed by atoms with E-state index in [0.29, 0.717) is 41.5 Å². The number of carbonyl (C=O) groups excluding carboxylic acids is 3. The molecule has 1 fully saturated rings. The molecule has 2 heterocycles. The molecule has 0 saturated carbocycles. The van der Waals surface area contributed by atoms with Crippen LogP contribution in [0.4, 0.5) is 15.3 Å². The van der Waals surface area contributed by atoms with E-state index in [1.807, 2.05) is 0 Å². The zero-order valence-electron chi connectivity index (χ0n) is 17.7. The molecule has 3 aromatic rings. The van der Waals surface area contributed by atoms with Gasteiger partial charge in [-0.2, -0.15) is 0 Å². The minimum absolute atomic E-state index is 0.0410. The average molecular weight is 449 g/mol. The van der Waals surface area contributed by atoms with Gasteiger partial charge in [0.25, 0.3) is 0 Å². The maximum Gasteiger partial charge on any atom is 0.336 e. The molecule has 0 bridgehead atoms. The number of para-hydroxylation sites is 1. The number of aromatic nitrogens is 1. The first kappa shape index (κ1) is 21.9. The number of urea groups is 1. The number of rotatable bonds is 5. The molecular formula is C23H23N5O5. The second kappa shape index (κ2) is 9.03. The lowest BCUT2D eigenvalue weighted by Gasteiger charge is -2.24. The van der Waals surface area contributed by atoms with Gasteiger partial charge in [-0.1, -0.05) is 36.4 Å². The highest BCUT2D eigenvalue weighted by molar-refractivity contribution is 6.05. The van der Waals surface area contributed by atoms with Crippen molar-refractivity contribution in [2.24, 2.45) is 5.73 Å². The zero-order valence-corrected chi connectivity index (χ0v) is 17.7. The normalized spacial score (nSPS) is 15.4. The molecule has 33 heavy (non-hydrogen) atoms. The van der Waals surface area contributed by atoms with Gasteiger partial charge in [0.2, 0.25) is 5.91 Å². The first-order valence-corrected chi connectivity index (χ1v) is 10.4. The van der Waals surface area contributed by atoms with Gasteiger partial charge in [-0.25, -0.2) is 14.4 Å². The van der Waals surface area contributed by atoms with Crippen molar-refractivity contribution in [3.8, 4) is 0 Å². The van der Waals surface area contributed by atoms with Crippen LogP contribution < -0.4 is 16.4 Å². The average Bonchev–Trinajstić information content (AvgIpc) is 3.43. The Hall–Kier alpha value is -4.34. The number of carboxylic acids is 1. The molecule has 0 unspecified atom stereocenters. The van der Waals surface area contributed by atoms with Crippen molar-refractivity contribution in [3.63, 3.8) is 0 Å². The zero-order chi connectivity index (χ0) is 23.5. The third kappa shape index (κ3) is 4.36. The molecule has 4 amide bonds. The number of nitrogens with zero attached hydrogens (tertiary/aromatic N) is 2. The van der Waals surface area contributed by atoms with E-state index in [4.69, 9.17) is 5.73 Å². The largest absolute Gasteiger partial charge is 0.478 e. The summed E-state index contributed by atoms with van der Waals surface area (Å²) < 4.78 is 1.25. The predicted molar refractivity (Wildman–Crippen MR) is 121 cm³/mol. The Labute approximate surface area is 189 Å². The van der Waals surface area contributed by atoms with Gasteiger partial charge in [0.1, 0.15) is 6.04 Å². The highest BCUT2D eigenvalue weighted by Gasteiger charge is 2.34. The molecule has 1 aliphatic rings. The molecule has 5 N–H and O–H groups in total. The minimum atomic E-state index is -1.07. The van der Waals surface area contributed by atoms with Crippen LogP contribution in [0.15, 0.2) is 54.7 Å². The SMILES string of the molecule is NC(=O)n1cc(NC(=O)N2CCC[C@H]2C(=O)NCc2ccccc2C(=O)O)c2ccccc21. The van der Waals surface area contributed by atoms with Crippen molar-refractivity contribution < 1.29 is 24.3 Å². The standard InChI is InChI=1S/C23H23N5O5/c24-22(32)28-13-17(16-8-3-4-9-18(16)28)26-23(33)27-11-5-10-19(27)20(29)25-12-14-6-1-2-7-15(14)21(30)31/h1-4,6-9,13,19H,5,10-12H2,(H2,24,32)(H,25,29)(H,26,33)(H,30,31)/t19-/m0/s1. The number of anilines is 1. The van der Waals surface area contributed by atoms with Gasteiger partial charge in [0, 0.05) is 24.7 Å². The number of nitrogens with two attached hydrogens (primary N) is 1. The van der Waals surface area contributed by atoms with Gasteiger partial charge in [-0.15, -0.1) is 0 Å². The third-order valence-corrected chi connectivity index (χ3v) is 5.71. The van der Waals surface area contributed by atoms with Crippen LogP contribution in [-0.2, 0) is 11.3 Å². The fraction of sp³-hybridized carbons (Fsp3) is 0.217. The van der Waals surface area contributed by atoms with E-state index >= 15 is 0 Å². The molecule has 2 aromatic carbocycles. The molecule has 10 heteroatoms. The molecule has 1 atom stereocenters. The van der Waals surface area contributed by atoms with Crippen LogP contribution >= 0.6 is 0 Å². The monoisotopic (exact) mass is 449 g/mol. The number of benzene rings is 2. The number of likely N-dealkylation sites (tertiary alicyclic amines) is 1. The molecule has 1 saturated heterocycles. The van der Waals surface area contributed by atoms with E-state index in [9.17, 15) is 24.3 Å². The van der Waals surface area contributed by atoms with Crippen molar-refractivity contribution in [1.82, 2.24) is 14.8 Å². The van der Waals surface area contributed by atoms with E-state index in [0.717, 1.165) is 0 Å². The summed E-state index contributed by atoms with van der Waals surface area (Å²) in [5.74, 6) is -1.43. The second-order valence-corrected chi connectivity index (χ2v) is 7.73. The summed E-state index contributed by atoms with van der Waals surface area (Å²) in [5, 5.41) is 15.5. The number of carbonyl (C=O) groups is 4. The molecule has 1 aromatic heterocycles. The highest BCUT2D eigenvalue weighted by atomic mass is 16.4. The summed E-state index contributed by atoms with van der Waals surface area (Å²) in [6.07, 6.45) is 2.60. The Bertz CT molecular complexity index is 1250. The van der Waals surface area contributed by atoms with Gasteiger partial charge in [-0.3, -0.25) is 9.36 Å². The summed E-state index contributed by atoms with van der Waals surface area (Å²) >= 11 is 0. The summed E-state index contributed by atoms with van der Waals surface area (Å²) in [7, 11) is 0. The Morgan fingerprint density at radius 3 is 2.55 bits per heavy atom. The van der Waals surface area contributed by atoms with Crippen molar-refractivity contribution in [2.45, 2.75) is 25.4 Å². The third-order valence-electron chi connectivity index (χ3n) is 5.71. The molecule has 0 radical (unpaired) electrons. The predicted octanol–water partition coefficient (Wildman–Crippen LogP) is 2.58. The van der Waals surface area contributed by atoms with Gasteiger partial charge in [0.05, 0.1) is 16.8 Å². The first-order chi connectivity index (χ1) is 15.9. The van der Waals surface area contributed by atoms with Gasteiger partial charge >= 0.3 is 18.0 Å².